The van der Waals surface area contributed by atoms with Crippen molar-refractivity contribution in [3.8, 4) is 6.07 Å². The third-order valence-electron chi connectivity index (χ3n) is 2.59. The summed E-state index contributed by atoms with van der Waals surface area (Å²) in [4.78, 5) is 1.25. The predicted molar refractivity (Wildman–Crippen MR) is 54.7 cm³/mol. The van der Waals surface area contributed by atoms with Crippen molar-refractivity contribution in [3.63, 3.8) is 0 Å². The van der Waals surface area contributed by atoms with Gasteiger partial charge < -0.3 is 0 Å². The third kappa shape index (κ3) is 1.34. The van der Waals surface area contributed by atoms with E-state index in [1.165, 1.54) is 10.5 Å². The lowest BCUT2D eigenvalue weighted by Crippen LogP contribution is -2.03. The quantitative estimate of drug-likeness (QED) is 0.668. The van der Waals surface area contributed by atoms with Crippen LogP contribution in [0.1, 0.15) is 18.4 Å². The molecule has 0 bridgehead atoms. The predicted octanol–water partition coefficient (Wildman–Crippen LogP) is 2.96. The molecule has 0 radical (unpaired) electrons. The van der Waals surface area contributed by atoms with Crippen molar-refractivity contribution in [2.45, 2.75) is 23.2 Å². The summed E-state index contributed by atoms with van der Waals surface area (Å²) in [7, 11) is 0. The van der Waals surface area contributed by atoms with Crippen molar-refractivity contribution in [1.82, 2.24) is 0 Å². The third-order valence-corrected chi connectivity index (χ3v) is 3.38. The lowest BCUT2D eigenvalue weighted by molar-refractivity contribution is 0.879. The van der Waals surface area contributed by atoms with E-state index in [9.17, 15) is 0 Å². The van der Waals surface area contributed by atoms with E-state index in [1.807, 2.05) is 12.1 Å². The summed E-state index contributed by atoms with van der Waals surface area (Å²) >= 11 is 1.73. The largest absolute Gasteiger partial charge is 0.197 e. The van der Waals surface area contributed by atoms with E-state index in [4.69, 9.17) is 5.26 Å². The van der Waals surface area contributed by atoms with Crippen LogP contribution in [0, 0.1) is 11.3 Å². The molecule has 0 heterocycles. The molecule has 1 aromatic rings. The average Bonchev–Trinajstić information content (AvgIpc) is 2.98. The Hall–Kier alpha value is -0.940. The first kappa shape index (κ1) is 8.65. The van der Waals surface area contributed by atoms with Gasteiger partial charge in [-0.15, -0.1) is 11.8 Å². The number of nitriles is 1. The first-order chi connectivity index (χ1) is 6.32. The van der Waals surface area contributed by atoms with E-state index in [2.05, 4.69) is 24.5 Å². The fourth-order valence-corrected chi connectivity index (χ4v) is 2.30. The van der Waals surface area contributed by atoms with Gasteiger partial charge in [0.25, 0.3) is 0 Å². The lowest BCUT2D eigenvalue weighted by atomic mass is 9.98. The minimum Gasteiger partial charge on any atom is -0.197 e. The molecule has 0 N–H and O–H groups in total. The van der Waals surface area contributed by atoms with Crippen LogP contribution in [0.2, 0.25) is 0 Å². The maximum Gasteiger partial charge on any atom is 0.0834 e. The maximum atomic E-state index is 9.07. The molecule has 1 nitrogen and oxygen atoms in total. The van der Waals surface area contributed by atoms with E-state index in [1.54, 1.807) is 11.8 Å². The molecule has 0 unspecified atom stereocenters. The second kappa shape index (κ2) is 3.08. The van der Waals surface area contributed by atoms with Crippen molar-refractivity contribution >= 4 is 11.8 Å². The molecule has 1 aromatic carbocycles. The van der Waals surface area contributed by atoms with Gasteiger partial charge in [-0.25, -0.2) is 0 Å². The Morgan fingerprint density at radius 2 is 2.08 bits per heavy atom. The van der Waals surface area contributed by atoms with Crippen LogP contribution in [-0.4, -0.2) is 6.26 Å². The van der Waals surface area contributed by atoms with E-state index in [-0.39, 0.29) is 5.41 Å². The Morgan fingerprint density at radius 3 is 2.62 bits per heavy atom. The minimum atomic E-state index is -0.139. The molecule has 0 aliphatic heterocycles. The van der Waals surface area contributed by atoms with Gasteiger partial charge >= 0.3 is 0 Å². The van der Waals surface area contributed by atoms with Gasteiger partial charge in [-0.2, -0.15) is 5.26 Å². The molecule has 1 fully saturated rings. The Kier molecular flexibility index (Phi) is 2.05. The van der Waals surface area contributed by atoms with Crippen LogP contribution in [0.5, 0.6) is 0 Å². The zero-order valence-electron chi connectivity index (χ0n) is 7.58. The molecule has 13 heavy (non-hydrogen) atoms. The molecule has 2 rings (SSSR count). The Balaban J connectivity index is 2.46. The highest BCUT2D eigenvalue weighted by molar-refractivity contribution is 7.98. The number of rotatable bonds is 2. The van der Waals surface area contributed by atoms with E-state index in [0.29, 0.717) is 0 Å². The van der Waals surface area contributed by atoms with Crippen molar-refractivity contribution < 1.29 is 0 Å². The van der Waals surface area contributed by atoms with E-state index >= 15 is 0 Å². The summed E-state index contributed by atoms with van der Waals surface area (Å²) in [5.41, 5.74) is 1.09. The molecule has 0 aromatic heterocycles. The van der Waals surface area contributed by atoms with Gasteiger partial charge in [-0.3, -0.25) is 0 Å². The van der Waals surface area contributed by atoms with Crippen molar-refractivity contribution in [1.29, 1.82) is 5.26 Å². The van der Waals surface area contributed by atoms with Crippen LogP contribution in [0.3, 0.4) is 0 Å². The summed E-state index contributed by atoms with van der Waals surface area (Å²) in [6.45, 7) is 0. The zero-order chi connectivity index (χ0) is 9.31. The fraction of sp³-hybridized carbons (Fsp3) is 0.364. The molecule has 1 saturated carbocycles. The van der Waals surface area contributed by atoms with Gasteiger partial charge in [-0.05, 0) is 30.7 Å². The second-order valence-corrected chi connectivity index (χ2v) is 4.24. The normalized spacial score (nSPS) is 17.8. The highest BCUT2D eigenvalue weighted by Crippen LogP contribution is 2.50. The lowest BCUT2D eigenvalue weighted by Gasteiger charge is -2.10. The molecule has 2 heteroatoms. The molecule has 0 spiro atoms. The molecular formula is C11H11NS. The molecule has 0 atom stereocenters. The summed E-state index contributed by atoms with van der Waals surface area (Å²) in [5, 5.41) is 9.07. The summed E-state index contributed by atoms with van der Waals surface area (Å²) in [6, 6.07) is 10.7. The second-order valence-electron chi connectivity index (χ2n) is 3.39. The van der Waals surface area contributed by atoms with Crippen molar-refractivity contribution in [3.05, 3.63) is 29.8 Å². The van der Waals surface area contributed by atoms with Crippen LogP contribution in [0.15, 0.2) is 29.2 Å². The standard InChI is InChI=1S/C11H11NS/c1-13-10-5-3-2-4-9(10)11(8-12)6-7-11/h2-5H,6-7H2,1H3. The van der Waals surface area contributed by atoms with Crippen LogP contribution in [0.25, 0.3) is 0 Å². The summed E-state index contributed by atoms with van der Waals surface area (Å²) in [5.74, 6) is 0. The van der Waals surface area contributed by atoms with Gasteiger partial charge in [0.15, 0.2) is 0 Å². The van der Waals surface area contributed by atoms with Crippen LogP contribution >= 0.6 is 11.8 Å². The molecule has 1 aliphatic rings. The number of thioether (sulfide) groups is 1. The van der Waals surface area contributed by atoms with Crippen molar-refractivity contribution in [2.24, 2.45) is 0 Å². The van der Waals surface area contributed by atoms with Crippen LogP contribution in [0.4, 0.5) is 0 Å². The molecule has 66 valence electrons. The molecule has 0 amide bonds. The average molecular weight is 189 g/mol. The zero-order valence-corrected chi connectivity index (χ0v) is 8.40. The van der Waals surface area contributed by atoms with Crippen LogP contribution in [-0.2, 0) is 5.41 Å². The topological polar surface area (TPSA) is 23.8 Å². The number of hydrogen-bond acceptors (Lipinski definition) is 2. The molecule has 1 aliphatic carbocycles. The first-order valence-corrected chi connectivity index (χ1v) is 5.60. The number of hydrogen-bond donors (Lipinski definition) is 0. The monoisotopic (exact) mass is 189 g/mol. The van der Waals surface area contributed by atoms with Crippen molar-refractivity contribution in [2.75, 3.05) is 6.26 Å². The van der Waals surface area contributed by atoms with Gasteiger partial charge in [0.05, 0.1) is 11.5 Å². The van der Waals surface area contributed by atoms with E-state index in [0.717, 1.165) is 12.8 Å². The number of nitrogens with zero attached hydrogens (tertiary/aromatic N) is 1. The van der Waals surface area contributed by atoms with Gasteiger partial charge in [0.1, 0.15) is 0 Å². The summed E-state index contributed by atoms with van der Waals surface area (Å²) < 4.78 is 0. The Morgan fingerprint density at radius 1 is 1.38 bits per heavy atom. The molecular weight excluding hydrogens is 178 g/mol. The number of benzene rings is 1. The summed E-state index contributed by atoms with van der Waals surface area (Å²) in [6.07, 6.45) is 4.12. The molecule has 0 saturated heterocycles. The first-order valence-electron chi connectivity index (χ1n) is 4.37. The van der Waals surface area contributed by atoms with Crippen LogP contribution < -0.4 is 0 Å². The fourth-order valence-electron chi connectivity index (χ4n) is 1.61. The highest BCUT2D eigenvalue weighted by Gasteiger charge is 2.45. The van der Waals surface area contributed by atoms with Gasteiger partial charge in [0, 0.05) is 4.90 Å². The SMILES string of the molecule is CSc1ccccc1C1(C#N)CC1. The minimum absolute atomic E-state index is 0.139. The smallest absolute Gasteiger partial charge is 0.0834 e. The van der Waals surface area contributed by atoms with Gasteiger partial charge in [0.2, 0.25) is 0 Å². The highest BCUT2D eigenvalue weighted by atomic mass is 32.2. The van der Waals surface area contributed by atoms with E-state index < -0.39 is 0 Å². The Bertz CT molecular complexity index is 361. The van der Waals surface area contributed by atoms with Gasteiger partial charge in [-0.1, -0.05) is 18.2 Å². The maximum absolute atomic E-state index is 9.07. The Labute approximate surface area is 82.8 Å².